The van der Waals surface area contributed by atoms with E-state index in [1.165, 1.54) is 82.1 Å². The van der Waals surface area contributed by atoms with Gasteiger partial charge in [0.15, 0.2) is 0 Å². The maximum Gasteiger partial charge on any atom is 0.224 e. The molecule has 10 nitrogen and oxygen atoms in total. The van der Waals surface area contributed by atoms with Crippen molar-refractivity contribution < 1.29 is 34.5 Å². The number of carbonyl (C=O) groups excluding carboxylic acids is 2. The van der Waals surface area contributed by atoms with Gasteiger partial charge in [-0.2, -0.15) is 5.06 Å². The predicted molar refractivity (Wildman–Crippen MR) is 325 cm³/mol. The van der Waals surface area contributed by atoms with Crippen LogP contribution in [0.3, 0.4) is 0 Å². The summed E-state index contributed by atoms with van der Waals surface area (Å²) in [5.41, 5.74) is 7.05. The normalized spacial score (nSPS) is 12.3. The fourth-order valence-corrected chi connectivity index (χ4v) is 10.1. The Morgan fingerprint density at radius 3 is 1.04 bits per heavy atom. The van der Waals surface area contributed by atoms with E-state index in [0.717, 1.165) is 70.2 Å². The maximum absolute atomic E-state index is 13.7. The van der Waals surface area contributed by atoms with E-state index in [2.05, 4.69) is 108 Å². The second kappa shape index (κ2) is 31.1. The van der Waals surface area contributed by atoms with Crippen molar-refractivity contribution in [2.75, 3.05) is 23.8 Å². The van der Waals surface area contributed by atoms with E-state index in [1.54, 1.807) is 0 Å². The molecule has 0 fully saturated rings. The van der Waals surface area contributed by atoms with E-state index >= 15 is 0 Å². The number of carbonyl (C=O) groups is 2. The largest absolute Gasteiger partial charge is 0.507 e. The van der Waals surface area contributed by atoms with Crippen LogP contribution in [0.1, 0.15) is 257 Å². The second-order valence-corrected chi connectivity index (χ2v) is 26.3. The molecular formula is C68H105N3O7. The summed E-state index contributed by atoms with van der Waals surface area (Å²) in [5.74, 6) is 1.66. The smallest absolute Gasteiger partial charge is 0.224 e. The lowest BCUT2D eigenvalue weighted by molar-refractivity contribution is -0.117. The average molecular weight is 1080 g/mol. The lowest BCUT2D eigenvalue weighted by Crippen LogP contribution is -2.20. The highest BCUT2D eigenvalue weighted by molar-refractivity contribution is 5.91. The molecular weight excluding hydrogens is 971 g/mol. The summed E-state index contributed by atoms with van der Waals surface area (Å²) in [6, 6.07) is 19.4. The predicted octanol–water partition coefficient (Wildman–Crippen LogP) is 17.9. The molecule has 4 aromatic carbocycles. The molecule has 0 aliphatic carbocycles. The molecule has 0 aliphatic rings. The molecule has 0 aliphatic heterocycles. The van der Waals surface area contributed by atoms with Crippen molar-refractivity contribution in [1.82, 2.24) is 5.06 Å². The third-order valence-corrected chi connectivity index (χ3v) is 14.8. The van der Waals surface area contributed by atoms with E-state index in [-0.39, 0.29) is 59.4 Å². The lowest BCUT2D eigenvalue weighted by atomic mass is 9.78. The van der Waals surface area contributed by atoms with Gasteiger partial charge >= 0.3 is 0 Å². The van der Waals surface area contributed by atoms with E-state index < -0.39 is 0 Å². The Labute approximate surface area is 472 Å². The standard InChI is InChI=1S/C68H105N3O7/c1-15-17-19-21-23-25-27-29-39-77-59-35-33-53(69-61(72)37-31-49-41-55(65(3,4)5)63(74)56(42-49)66(6,7)8)45-51(59)47-71(76)48-52-46-54(34-36-60(52)78-40-30-28-26-24-22-20-18-16-2)70-62(73)38-32-50-43-57(67(9,10)11)64(75)58(44-50)68(12,13)14/h33-36,41-46,74-76H,15-32,37-40,47-48H2,1-14H3,(H,69,72)(H,70,73). The Balaban J connectivity index is 1.56. The van der Waals surface area contributed by atoms with Gasteiger partial charge in [-0.1, -0.05) is 211 Å². The lowest BCUT2D eigenvalue weighted by Gasteiger charge is -2.28. The summed E-state index contributed by atoms with van der Waals surface area (Å²) in [5, 5.41) is 42.0. The minimum atomic E-state index is -0.276. The molecule has 0 spiro atoms. The number of aryl methyl sites for hydroxylation is 2. The number of aromatic hydroxyl groups is 2. The van der Waals surface area contributed by atoms with Crippen LogP contribution in [0.5, 0.6) is 23.0 Å². The third kappa shape index (κ3) is 22.2. The van der Waals surface area contributed by atoms with Crippen molar-refractivity contribution in [3.05, 3.63) is 105 Å². The number of hydroxylamine groups is 2. The fourth-order valence-electron chi connectivity index (χ4n) is 10.1. The Bertz CT molecular complexity index is 2240. The van der Waals surface area contributed by atoms with Gasteiger partial charge in [0.1, 0.15) is 23.0 Å². The van der Waals surface area contributed by atoms with Gasteiger partial charge in [0.05, 0.1) is 26.3 Å². The van der Waals surface area contributed by atoms with Gasteiger partial charge in [-0.05, 0) is 117 Å². The first-order valence-electron chi connectivity index (χ1n) is 30.0. The summed E-state index contributed by atoms with van der Waals surface area (Å²) in [7, 11) is 0. The first kappa shape index (κ1) is 65.5. The molecule has 2 amide bonds. The van der Waals surface area contributed by atoms with Crippen LogP contribution in [0.25, 0.3) is 0 Å². The van der Waals surface area contributed by atoms with Crippen molar-refractivity contribution in [2.24, 2.45) is 0 Å². The van der Waals surface area contributed by atoms with E-state index in [9.17, 15) is 25.0 Å². The van der Waals surface area contributed by atoms with Gasteiger partial charge in [-0.15, -0.1) is 0 Å². The number of phenolic OH excluding ortho intramolecular Hbond substituents is 2. The number of ether oxygens (including phenoxy) is 2. The zero-order chi connectivity index (χ0) is 57.7. The number of nitrogens with one attached hydrogen (secondary N) is 2. The van der Waals surface area contributed by atoms with Crippen molar-refractivity contribution in [1.29, 1.82) is 0 Å². The second-order valence-electron chi connectivity index (χ2n) is 26.3. The molecule has 0 radical (unpaired) electrons. The topological polar surface area (TPSA) is 141 Å². The van der Waals surface area contributed by atoms with Gasteiger partial charge in [-0.25, -0.2) is 0 Å². The molecule has 0 unspecified atom stereocenters. The Kier molecular flexibility index (Phi) is 26.1. The molecule has 5 N–H and O–H groups in total. The van der Waals surface area contributed by atoms with Crippen LogP contribution < -0.4 is 20.1 Å². The fraction of sp³-hybridized carbons (Fsp3) is 0.618. The SMILES string of the molecule is CCCCCCCCCCOc1ccc(NC(=O)CCc2cc(C(C)(C)C)c(O)c(C(C)(C)C)c2)cc1CN(O)Cc1cc(NC(=O)CCc2cc(C(C)(C)C)c(O)c(C(C)(C)C)c2)ccc1OCCCCCCCCCC. The summed E-state index contributed by atoms with van der Waals surface area (Å²) >= 11 is 0. The monoisotopic (exact) mass is 1080 g/mol. The van der Waals surface area contributed by atoms with E-state index in [4.69, 9.17) is 9.47 Å². The van der Waals surface area contributed by atoms with Gasteiger partial charge in [0.2, 0.25) is 11.8 Å². The summed E-state index contributed by atoms with van der Waals surface area (Å²) < 4.78 is 12.9. The zero-order valence-electron chi connectivity index (χ0n) is 51.2. The quantitative estimate of drug-likeness (QED) is 0.0241. The number of rotatable bonds is 32. The van der Waals surface area contributed by atoms with Crippen LogP contribution >= 0.6 is 0 Å². The van der Waals surface area contributed by atoms with Crippen LogP contribution in [0.2, 0.25) is 0 Å². The highest BCUT2D eigenvalue weighted by Gasteiger charge is 2.28. The van der Waals surface area contributed by atoms with Gasteiger partial charge in [0, 0.05) is 35.3 Å². The molecule has 0 aromatic heterocycles. The highest BCUT2D eigenvalue weighted by atomic mass is 16.5. The van der Waals surface area contributed by atoms with Crippen LogP contribution in [0.15, 0.2) is 60.7 Å². The molecule has 4 rings (SSSR count). The molecule has 0 bridgehead atoms. The van der Waals surface area contributed by atoms with E-state index in [1.807, 2.05) is 60.7 Å². The molecule has 10 heteroatoms. The average Bonchev–Trinajstić information content (AvgIpc) is 3.38. The van der Waals surface area contributed by atoms with Gasteiger partial charge < -0.3 is 35.5 Å². The maximum atomic E-state index is 13.7. The first-order valence-corrected chi connectivity index (χ1v) is 30.0. The molecule has 0 saturated carbocycles. The molecule has 78 heavy (non-hydrogen) atoms. The molecule has 4 aromatic rings. The van der Waals surface area contributed by atoms with Crippen molar-refractivity contribution >= 4 is 23.2 Å². The van der Waals surface area contributed by atoms with Crippen LogP contribution in [-0.4, -0.2) is 45.5 Å². The molecule has 0 saturated heterocycles. The van der Waals surface area contributed by atoms with Crippen molar-refractivity contribution in [3.63, 3.8) is 0 Å². The van der Waals surface area contributed by atoms with Crippen molar-refractivity contribution in [2.45, 2.75) is 260 Å². The Morgan fingerprint density at radius 2 is 0.744 bits per heavy atom. The Hall–Kier alpha value is -5.06. The number of unbranched alkanes of at least 4 members (excludes halogenated alkanes) is 14. The number of nitrogens with zero attached hydrogens (tertiary/aromatic N) is 1. The number of anilines is 2. The van der Waals surface area contributed by atoms with Crippen molar-refractivity contribution in [3.8, 4) is 23.0 Å². The van der Waals surface area contributed by atoms with Gasteiger partial charge in [-0.3, -0.25) is 9.59 Å². The van der Waals surface area contributed by atoms with Gasteiger partial charge in [0.25, 0.3) is 0 Å². The molecule has 0 heterocycles. The Morgan fingerprint density at radius 1 is 0.449 bits per heavy atom. The summed E-state index contributed by atoms with van der Waals surface area (Å²) in [6.45, 7) is 30.9. The number of benzene rings is 4. The van der Waals surface area contributed by atoms with E-state index in [0.29, 0.717) is 60.4 Å². The number of amides is 2. The summed E-state index contributed by atoms with van der Waals surface area (Å²) in [6.07, 6.45) is 20.5. The highest BCUT2D eigenvalue weighted by Crippen LogP contribution is 2.42. The van der Waals surface area contributed by atoms with Crippen LogP contribution in [0.4, 0.5) is 11.4 Å². The summed E-state index contributed by atoms with van der Waals surface area (Å²) in [4.78, 5) is 27.4. The number of hydrogen-bond donors (Lipinski definition) is 5. The molecule has 0 atom stereocenters. The first-order chi connectivity index (χ1) is 36.7. The van der Waals surface area contributed by atoms with Crippen LogP contribution in [0, 0.1) is 0 Å². The molecule has 434 valence electrons. The minimum absolute atomic E-state index is 0.100. The third-order valence-electron chi connectivity index (χ3n) is 14.8. The number of hydrogen-bond acceptors (Lipinski definition) is 8. The van der Waals surface area contributed by atoms with Crippen LogP contribution in [-0.2, 0) is 57.2 Å². The minimum Gasteiger partial charge on any atom is -0.507 e. The number of phenols is 2. The zero-order valence-corrected chi connectivity index (χ0v) is 51.2.